The lowest BCUT2D eigenvalue weighted by Gasteiger charge is -2.21. The van der Waals surface area contributed by atoms with Crippen molar-refractivity contribution in [2.75, 3.05) is 13.1 Å². The number of ketones is 1. The summed E-state index contributed by atoms with van der Waals surface area (Å²) < 4.78 is 1.68. The second kappa shape index (κ2) is 4.57. The van der Waals surface area contributed by atoms with E-state index in [1.807, 2.05) is 13.2 Å². The monoisotopic (exact) mass is 207 g/mol. The van der Waals surface area contributed by atoms with Gasteiger partial charge in [-0.1, -0.05) is 0 Å². The predicted octanol–water partition coefficient (Wildman–Crippen LogP) is 0.992. The first-order valence-electron chi connectivity index (χ1n) is 5.49. The Hall–Kier alpha value is -1.16. The van der Waals surface area contributed by atoms with E-state index in [0.717, 1.165) is 25.9 Å². The fourth-order valence-electron chi connectivity index (χ4n) is 2.02. The van der Waals surface area contributed by atoms with Crippen molar-refractivity contribution in [2.45, 2.75) is 19.3 Å². The zero-order chi connectivity index (χ0) is 10.7. The van der Waals surface area contributed by atoms with E-state index in [4.69, 9.17) is 0 Å². The molecule has 15 heavy (non-hydrogen) atoms. The smallest absolute Gasteiger partial charge is 0.183 e. The molecule has 0 amide bonds. The van der Waals surface area contributed by atoms with Crippen LogP contribution < -0.4 is 5.32 Å². The van der Waals surface area contributed by atoms with Gasteiger partial charge in [-0.05, 0) is 37.9 Å². The van der Waals surface area contributed by atoms with Gasteiger partial charge in [-0.3, -0.25) is 9.48 Å². The van der Waals surface area contributed by atoms with E-state index in [0.29, 0.717) is 18.0 Å². The average molecular weight is 207 g/mol. The predicted molar refractivity (Wildman–Crippen MR) is 57.7 cm³/mol. The molecule has 0 radical (unpaired) electrons. The van der Waals surface area contributed by atoms with Crippen LogP contribution in [-0.2, 0) is 7.05 Å². The topological polar surface area (TPSA) is 46.9 Å². The number of carbonyl (C=O) groups excluding carboxylic acids is 1. The Morgan fingerprint density at radius 3 is 2.93 bits per heavy atom. The molecule has 4 heteroatoms. The van der Waals surface area contributed by atoms with Gasteiger partial charge in [0.25, 0.3) is 0 Å². The van der Waals surface area contributed by atoms with Crippen molar-refractivity contribution < 1.29 is 4.79 Å². The third-order valence-electron chi connectivity index (χ3n) is 2.93. The van der Waals surface area contributed by atoms with Crippen LogP contribution in [-0.4, -0.2) is 28.7 Å². The Morgan fingerprint density at radius 2 is 2.33 bits per heavy atom. The highest BCUT2D eigenvalue weighted by molar-refractivity contribution is 5.94. The van der Waals surface area contributed by atoms with Crippen LogP contribution in [0.5, 0.6) is 0 Å². The van der Waals surface area contributed by atoms with Gasteiger partial charge in [-0.25, -0.2) is 0 Å². The largest absolute Gasteiger partial charge is 0.317 e. The van der Waals surface area contributed by atoms with Crippen LogP contribution in [0.3, 0.4) is 0 Å². The summed E-state index contributed by atoms with van der Waals surface area (Å²) in [6.07, 6.45) is 4.69. The molecule has 1 N–H and O–H groups in total. The maximum absolute atomic E-state index is 11.8. The Kier molecular flexibility index (Phi) is 3.16. The number of nitrogens with one attached hydrogen (secondary N) is 1. The molecule has 82 valence electrons. The molecule has 0 aromatic carbocycles. The van der Waals surface area contributed by atoms with Crippen LogP contribution in [0.4, 0.5) is 0 Å². The molecule has 0 atom stereocenters. The van der Waals surface area contributed by atoms with E-state index in [-0.39, 0.29) is 5.78 Å². The number of aryl methyl sites for hydroxylation is 1. The first-order valence-corrected chi connectivity index (χ1v) is 5.49. The quantitative estimate of drug-likeness (QED) is 0.752. The first kappa shape index (κ1) is 10.4. The lowest BCUT2D eigenvalue weighted by atomic mass is 9.92. The van der Waals surface area contributed by atoms with Crippen molar-refractivity contribution in [1.82, 2.24) is 15.1 Å². The number of rotatable bonds is 3. The first-order chi connectivity index (χ1) is 7.25. The third-order valence-corrected chi connectivity index (χ3v) is 2.93. The minimum Gasteiger partial charge on any atom is -0.317 e. The van der Waals surface area contributed by atoms with Gasteiger partial charge < -0.3 is 5.32 Å². The highest BCUT2D eigenvalue weighted by atomic mass is 16.1. The molecule has 0 aliphatic carbocycles. The molecule has 0 spiro atoms. The van der Waals surface area contributed by atoms with Crippen molar-refractivity contribution in [3.63, 3.8) is 0 Å². The van der Waals surface area contributed by atoms with Crippen LogP contribution in [0.15, 0.2) is 12.3 Å². The Labute approximate surface area is 89.7 Å². The highest BCUT2D eigenvalue weighted by Crippen LogP contribution is 2.18. The zero-order valence-electron chi connectivity index (χ0n) is 9.07. The number of piperidine rings is 1. The van der Waals surface area contributed by atoms with Gasteiger partial charge in [0.1, 0.15) is 5.69 Å². The summed E-state index contributed by atoms with van der Waals surface area (Å²) in [5, 5.41) is 7.43. The van der Waals surface area contributed by atoms with Gasteiger partial charge in [0, 0.05) is 19.7 Å². The van der Waals surface area contributed by atoms with Gasteiger partial charge >= 0.3 is 0 Å². The molecule has 0 unspecified atom stereocenters. The molecule has 1 saturated heterocycles. The van der Waals surface area contributed by atoms with E-state index >= 15 is 0 Å². The third kappa shape index (κ3) is 2.65. The molecule has 1 fully saturated rings. The Morgan fingerprint density at radius 1 is 1.60 bits per heavy atom. The molecule has 2 rings (SSSR count). The molecule has 2 heterocycles. The van der Waals surface area contributed by atoms with E-state index in [1.54, 1.807) is 10.7 Å². The molecular formula is C11H17N3O. The second-order valence-electron chi connectivity index (χ2n) is 4.20. The highest BCUT2D eigenvalue weighted by Gasteiger charge is 2.18. The number of Topliss-reactive ketones (excluding diaryl/α,β-unsaturated/α-hetero) is 1. The van der Waals surface area contributed by atoms with E-state index in [9.17, 15) is 4.79 Å². The Balaban J connectivity index is 1.91. The van der Waals surface area contributed by atoms with Crippen LogP contribution in [0, 0.1) is 5.92 Å². The van der Waals surface area contributed by atoms with Crippen molar-refractivity contribution in [3.8, 4) is 0 Å². The van der Waals surface area contributed by atoms with Crippen molar-refractivity contribution in [1.29, 1.82) is 0 Å². The molecule has 0 saturated carbocycles. The number of carbonyl (C=O) groups is 1. The number of hydrogen-bond acceptors (Lipinski definition) is 3. The van der Waals surface area contributed by atoms with Crippen LogP contribution in [0.1, 0.15) is 29.8 Å². The fraction of sp³-hybridized carbons (Fsp3) is 0.636. The van der Waals surface area contributed by atoms with Crippen molar-refractivity contribution >= 4 is 5.78 Å². The summed E-state index contributed by atoms with van der Waals surface area (Å²) in [5.74, 6) is 0.725. The number of nitrogens with zero attached hydrogens (tertiary/aromatic N) is 2. The standard InChI is InChI=1S/C11H17N3O/c1-14-7-4-10(13-14)11(15)8-9-2-5-12-6-3-9/h4,7,9,12H,2-3,5-6,8H2,1H3. The molecule has 1 aromatic rings. The van der Waals surface area contributed by atoms with Crippen molar-refractivity contribution in [3.05, 3.63) is 18.0 Å². The summed E-state index contributed by atoms with van der Waals surface area (Å²) in [4.78, 5) is 11.8. The summed E-state index contributed by atoms with van der Waals surface area (Å²) in [6.45, 7) is 2.08. The van der Waals surface area contributed by atoms with Gasteiger partial charge in [0.15, 0.2) is 5.78 Å². The molecular weight excluding hydrogens is 190 g/mol. The second-order valence-corrected chi connectivity index (χ2v) is 4.20. The lowest BCUT2D eigenvalue weighted by Crippen LogP contribution is -2.29. The fourth-order valence-corrected chi connectivity index (χ4v) is 2.02. The average Bonchev–Trinajstić information content (AvgIpc) is 2.66. The van der Waals surface area contributed by atoms with Gasteiger partial charge in [-0.2, -0.15) is 5.10 Å². The summed E-state index contributed by atoms with van der Waals surface area (Å²) in [5.41, 5.74) is 0.607. The zero-order valence-corrected chi connectivity index (χ0v) is 9.07. The normalized spacial score (nSPS) is 17.9. The van der Waals surface area contributed by atoms with Crippen LogP contribution in [0.25, 0.3) is 0 Å². The van der Waals surface area contributed by atoms with Crippen molar-refractivity contribution in [2.24, 2.45) is 13.0 Å². The summed E-state index contributed by atoms with van der Waals surface area (Å²) in [7, 11) is 1.83. The minimum atomic E-state index is 0.183. The molecule has 1 aromatic heterocycles. The molecule has 0 bridgehead atoms. The van der Waals surface area contributed by atoms with Gasteiger partial charge in [0.05, 0.1) is 0 Å². The van der Waals surface area contributed by atoms with E-state index < -0.39 is 0 Å². The maximum Gasteiger partial charge on any atom is 0.183 e. The summed E-state index contributed by atoms with van der Waals surface area (Å²) in [6, 6.07) is 1.80. The van der Waals surface area contributed by atoms with E-state index in [1.165, 1.54) is 0 Å². The molecule has 4 nitrogen and oxygen atoms in total. The van der Waals surface area contributed by atoms with Crippen LogP contribution >= 0.6 is 0 Å². The molecule has 1 aliphatic heterocycles. The minimum absolute atomic E-state index is 0.183. The maximum atomic E-state index is 11.8. The Bertz CT molecular complexity index is 339. The van der Waals surface area contributed by atoms with Gasteiger partial charge in [0.2, 0.25) is 0 Å². The lowest BCUT2D eigenvalue weighted by molar-refractivity contribution is 0.0947. The summed E-state index contributed by atoms with van der Waals surface area (Å²) >= 11 is 0. The van der Waals surface area contributed by atoms with Crippen LogP contribution in [0.2, 0.25) is 0 Å². The van der Waals surface area contributed by atoms with Gasteiger partial charge in [-0.15, -0.1) is 0 Å². The SMILES string of the molecule is Cn1ccc(C(=O)CC2CCNCC2)n1. The number of aromatic nitrogens is 2. The molecule has 1 aliphatic rings. The number of hydrogen-bond donors (Lipinski definition) is 1. The van der Waals surface area contributed by atoms with E-state index in [2.05, 4.69) is 10.4 Å².